The smallest absolute Gasteiger partial charge is 0.269 e. The summed E-state index contributed by atoms with van der Waals surface area (Å²) in [5, 5.41) is 9.31. The molecule has 2 heterocycles. The Labute approximate surface area is 112 Å². The van der Waals surface area contributed by atoms with E-state index in [-0.39, 0.29) is 17.2 Å². The van der Waals surface area contributed by atoms with Gasteiger partial charge in [-0.25, -0.2) is 0 Å². The molecule has 0 fully saturated rings. The molecule has 0 atom stereocenters. The van der Waals surface area contributed by atoms with E-state index < -0.39 is 0 Å². The van der Waals surface area contributed by atoms with E-state index in [9.17, 15) is 10.1 Å². The van der Waals surface area contributed by atoms with E-state index in [0.717, 1.165) is 11.1 Å². The average Bonchev–Trinajstić information content (AvgIpc) is 2.41. The van der Waals surface area contributed by atoms with Gasteiger partial charge < -0.3 is 4.57 Å². The van der Waals surface area contributed by atoms with Crippen molar-refractivity contribution in [1.29, 1.82) is 5.26 Å². The maximum Gasteiger partial charge on any atom is 0.269 e. The lowest BCUT2D eigenvalue weighted by Gasteiger charge is -2.15. The number of aromatic nitrogens is 2. The molecule has 0 saturated heterocycles. The van der Waals surface area contributed by atoms with E-state index in [4.69, 9.17) is 0 Å². The van der Waals surface area contributed by atoms with Gasteiger partial charge in [-0.2, -0.15) is 5.26 Å². The van der Waals surface area contributed by atoms with Crippen LogP contribution in [0.3, 0.4) is 0 Å². The molecule has 2 aromatic heterocycles. The highest BCUT2D eigenvalue weighted by molar-refractivity contribution is 5.72. The van der Waals surface area contributed by atoms with Crippen molar-refractivity contribution in [2.45, 2.75) is 26.8 Å². The number of pyridine rings is 2. The first kappa shape index (κ1) is 13.0. The predicted octanol–water partition coefficient (Wildman–Crippen LogP) is 2.67. The Balaban J connectivity index is 2.81. The number of aryl methyl sites for hydroxylation is 1. The van der Waals surface area contributed by atoms with Gasteiger partial charge in [0.1, 0.15) is 11.6 Å². The number of nitriles is 1. The molecule has 0 radical (unpaired) electrons. The Morgan fingerprint density at radius 1 is 1.42 bits per heavy atom. The molecule has 19 heavy (non-hydrogen) atoms. The minimum Gasteiger partial charge on any atom is -0.312 e. The van der Waals surface area contributed by atoms with Crippen molar-refractivity contribution >= 4 is 0 Å². The first-order chi connectivity index (χ1) is 9.06. The Morgan fingerprint density at radius 3 is 2.68 bits per heavy atom. The molecule has 0 bridgehead atoms. The first-order valence-corrected chi connectivity index (χ1v) is 6.12. The number of rotatable bonds is 2. The van der Waals surface area contributed by atoms with E-state index in [2.05, 4.69) is 4.98 Å². The van der Waals surface area contributed by atoms with Crippen molar-refractivity contribution in [2.75, 3.05) is 0 Å². The third kappa shape index (κ3) is 2.27. The van der Waals surface area contributed by atoms with E-state index in [1.54, 1.807) is 29.2 Å². The van der Waals surface area contributed by atoms with Crippen LogP contribution >= 0.6 is 0 Å². The molecule has 0 spiro atoms. The van der Waals surface area contributed by atoms with Gasteiger partial charge in [0, 0.05) is 35.8 Å². The highest BCUT2D eigenvalue weighted by atomic mass is 16.1. The summed E-state index contributed by atoms with van der Waals surface area (Å²) in [5.41, 5.74) is 2.31. The molecule has 96 valence electrons. The fraction of sp³-hybridized carbons (Fsp3) is 0.267. The quantitative estimate of drug-likeness (QED) is 0.826. The zero-order valence-corrected chi connectivity index (χ0v) is 11.2. The van der Waals surface area contributed by atoms with Crippen molar-refractivity contribution in [2.24, 2.45) is 0 Å². The molecule has 2 rings (SSSR count). The Morgan fingerprint density at radius 2 is 2.16 bits per heavy atom. The Kier molecular flexibility index (Phi) is 3.48. The standard InChI is InChI=1S/C15H15N3O/c1-10(2)18-9-11(3)14(13(7-16)15(18)19)12-5-4-6-17-8-12/h4-6,8-10H,1-3H3. The highest BCUT2D eigenvalue weighted by Gasteiger charge is 2.16. The third-order valence-electron chi connectivity index (χ3n) is 3.04. The van der Waals surface area contributed by atoms with Gasteiger partial charge in [-0.3, -0.25) is 9.78 Å². The first-order valence-electron chi connectivity index (χ1n) is 6.12. The van der Waals surface area contributed by atoms with E-state index in [1.165, 1.54) is 0 Å². The van der Waals surface area contributed by atoms with Crippen LogP contribution in [0.4, 0.5) is 0 Å². The van der Waals surface area contributed by atoms with Gasteiger partial charge >= 0.3 is 0 Å². The zero-order valence-electron chi connectivity index (χ0n) is 11.2. The van der Waals surface area contributed by atoms with Crippen LogP contribution in [0.2, 0.25) is 0 Å². The summed E-state index contributed by atoms with van der Waals surface area (Å²) in [5.74, 6) is 0. The van der Waals surface area contributed by atoms with Crippen LogP contribution in [0.15, 0.2) is 35.5 Å². The second-order valence-corrected chi connectivity index (χ2v) is 4.72. The summed E-state index contributed by atoms with van der Waals surface area (Å²) in [6.45, 7) is 5.75. The normalized spacial score (nSPS) is 10.5. The molecule has 0 aliphatic rings. The van der Waals surface area contributed by atoms with Gasteiger partial charge in [-0.05, 0) is 32.4 Å². The molecule has 0 saturated carbocycles. The van der Waals surface area contributed by atoms with E-state index >= 15 is 0 Å². The summed E-state index contributed by atoms with van der Waals surface area (Å²) in [7, 11) is 0. The predicted molar refractivity (Wildman–Crippen MR) is 73.8 cm³/mol. The maximum atomic E-state index is 12.3. The molecule has 4 heteroatoms. The van der Waals surface area contributed by atoms with Gasteiger partial charge in [-0.1, -0.05) is 6.07 Å². The van der Waals surface area contributed by atoms with Crippen LogP contribution in [0.5, 0.6) is 0 Å². The fourth-order valence-electron chi connectivity index (χ4n) is 2.13. The van der Waals surface area contributed by atoms with Gasteiger partial charge in [0.05, 0.1) is 0 Å². The zero-order chi connectivity index (χ0) is 14.0. The van der Waals surface area contributed by atoms with Crippen LogP contribution in [0.25, 0.3) is 11.1 Å². The Bertz CT molecular complexity index is 694. The van der Waals surface area contributed by atoms with Crippen LogP contribution in [0.1, 0.15) is 31.0 Å². The lowest BCUT2D eigenvalue weighted by atomic mass is 9.99. The SMILES string of the molecule is Cc1cn(C(C)C)c(=O)c(C#N)c1-c1cccnc1. The van der Waals surface area contributed by atoms with Gasteiger partial charge in [0.2, 0.25) is 0 Å². The molecule has 0 unspecified atom stereocenters. The number of hydrogen-bond acceptors (Lipinski definition) is 3. The molecule has 2 aromatic rings. The van der Waals surface area contributed by atoms with E-state index in [1.807, 2.05) is 32.9 Å². The lowest BCUT2D eigenvalue weighted by Crippen LogP contribution is -2.25. The molecule has 0 amide bonds. The molecular weight excluding hydrogens is 238 g/mol. The monoisotopic (exact) mass is 253 g/mol. The van der Waals surface area contributed by atoms with Crippen LogP contribution < -0.4 is 5.56 Å². The van der Waals surface area contributed by atoms with Crippen molar-refractivity contribution in [3.63, 3.8) is 0 Å². The minimum absolute atomic E-state index is 0.0289. The summed E-state index contributed by atoms with van der Waals surface area (Å²) in [6, 6.07) is 5.72. The highest BCUT2D eigenvalue weighted by Crippen LogP contribution is 2.24. The summed E-state index contributed by atoms with van der Waals surface area (Å²) in [4.78, 5) is 16.4. The van der Waals surface area contributed by atoms with Gasteiger partial charge in [0.25, 0.3) is 5.56 Å². The number of nitrogens with zero attached hydrogens (tertiary/aromatic N) is 3. The average molecular weight is 253 g/mol. The van der Waals surface area contributed by atoms with E-state index in [0.29, 0.717) is 5.56 Å². The largest absolute Gasteiger partial charge is 0.312 e. The van der Waals surface area contributed by atoms with Crippen LogP contribution in [-0.2, 0) is 0 Å². The molecule has 4 nitrogen and oxygen atoms in total. The topological polar surface area (TPSA) is 58.7 Å². The van der Waals surface area contributed by atoms with Gasteiger partial charge in [-0.15, -0.1) is 0 Å². The fourth-order valence-corrected chi connectivity index (χ4v) is 2.13. The summed E-state index contributed by atoms with van der Waals surface area (Å²) in [6.07, 6.45) is 5.14. The molecule has 0 aromatic carbocycles. The second kappa shape index (κ2) is 5.07. The summed E-state index contributed by atoms with van der Waals surface area (Å²) >= 11 is 0. The van der Waals surface area contributed by atoms with Crippen molar-refractivity contribution in [1.82, 2.24) is 9.55 Å². The van der Waals surface area contributed by atoms with Crippen molar-refractivity contribution in [3.8, 4) is 17.2 Å². The third-order valence-corrected chi connectivity index (χ3v) is 3.04. The van der Waals surface area contributed by atoms with Crippen LogP contribution in [0, 0.1) is 18.3 Å². The van der Waals surface area contributed by atoms with Crippen molar-refractivity contribution in [3.05, 3.63) is 52.2 Å². The summed E-state index contributed by atoms with van der Waals surface area (Å²) < 4.78 is 1.59. The minimum atomic E-state index is -0.248. The van der Waals surface area contributed by atoms with Crippen molar-refractivity contribution < 1.29 is 0 Å². The lowest BCUT2D eigenvalue weighted by molar-refractivity contribution is 0.575. The Hall–Kier alpha value is -2.41. The molecule has 0 N–H and O–H groups in total. The molecule has 0 aliphatic heterocycles. The van der Waals surface area contributed by atoms with Crippen LogP contribution in [-0.4, -0.2) is 9.55 Å². The van der Waals surface area contributed by atoms with Gasteiger partial charge in [0.15, 0.2) is 0 Å². The second-order valence-electron chi connectivity index (χ2n) is 4.72. The molecule has 0 aliphatic carbocycles. The molecular formula is C15H15N3O. The number of hydrogen-bond donors (Lipinski definition) is 0. The maximum absolute atomic E-state index is 12.3.